The van der Waals surface area contributed by atoms with Crippen molar-refractivity contribution in [3.8, 4) is 5.75 Å². The Hall–Kier alpha value is -2.51. The highest BCUT2D eigenvalue weighted by Gasteiger charge is 2.31. The van der Waals surface area contributed by atoms with Gasteiger partial charge in [0.25, 0.3) is 0 Å². The van der Waals surface area contributed by atoms with E-state index in [9.17, 15) is 13.2 Å². The number of benzene rings is 1. The van der Waals surface area contributed by atoms with Crippen molar-refractivity contribution in [2.45, 2.75) is 20.2 Å². The number of hydrogen-bond acceptors (Lipinski definition) is 5. The van der Waals surface area contributed by atoms with E-state index in [1.165, 1.54) is 12.1 Å². The lowest BCUT2D eigenvalue weighted by Crippen LogP contribution is -2.17. The van der Waals surface area contributed by atoms with Crippen LogP contribution in [0.2, 0.25) is 0 Å². The predicted octanol–water partition coefficient (Wildman–Crippen LogP) is 3.42. The Balaban J connectivity index is 2.33. The average Bonchev–Trinajstić information content (AvgIpc) is 2.72. The largest absolute Gasteiger partial charge is 0.573 e. The quantitative estimate of drug-likeness (QED) is 0.536. The maximum absolute atomic E-state index is 12.1. The van der Waals surface area contributed by atoms with Gasteiger partial charge in [0.1, 0.15) is 17.2 Å². The van der Waals surface area contributed by atoms with E-state index in [0.717, 1.165) is 12.1 Å². The smallest absolute Gasteiger partial charge is 0.410 e. The zero-order chi connectivity index (χ0) is 15.6. The highest BCUT2D eigenvalue weighted by atomic mass is 19.4. The SMILES string of the molecule is Cc1noc(C)c1/C(=N/O)c1ccc(OC(F)(F)F)cc1. The van der Waals surface area contributed by atoms with Crippen molar-refractivity contribution in [3.63, 3.8) is 0 Å². The minimum atomic E-state index is -4.75. The molecule has 21 heavy (non-hydrogen) atoms. The highest BCUT2D eigenvalue weighted by molar-refractivity contribution is 6.13. The van der Waals surface area contributed by atoms with Crippen LogP contribution in [0.3, 0.4) is 0 Å². The minimum Gasteiger partial charge on any atom is -0.410 e. The van der Waals surface area contributed by atoms with Crippen molar-refractivity contribution in [3.05, 3.63) is 46.8 Å². The van der Waals surface area contributed by atoms with E-state index in [2.05, 4.69) is 15.0 Å². The number of halogens is 3. The zero-order valence-electron chi connectivity index (χ0n) is 11.1. The molecule has 1 aromatic carbocycles. The lowest BCUT2D eigenvalue weighted by Gasteiger charge is -2.09. The Morgan fingerprint density at radius 2 is 1.86 bits per heavy atom. The summed E-state index contributed by atoms with van der Waals surface area (Å²) in [7, 11) is 0. The minimum absolute atomic E-state index is 0.157. The summed E-state index contributed by atoms with van der Waals surface area (Å²) in [5.41, 5.74) is 1.56. The molecule has 0 bridgehead atoms. The molecule has 1 N–H and O–H groups in total. The van der Waals surface area contributed by atoms with Crippen LogP contribution >= 0.6 is 0 Å². The fourth-order valence-electron chi connectivity index (χ4n) is 1.89. The third kappa shape index (κ3) is 3.33. The average molecular weight is 300 g/mol. The normalized spacial score (nSPS) is 12.5. The number of aryl methyl sites for hydroxylation is 2. The molecule has 0 saturated heterocycles. The van der Waals surface area contributed by atoms with Gasteiger partial charge < -0.3 is 14.5 Å². The summed E-state index contributed by atoms with van der Waals surface area (Å²) in [5.74, 6) is 0.0817. The molecule has 0 aliphatic heterocycles. The van der Waals surface area contributed by atoms with Gasteiger partial charge >= 0.3 is 6.36 Å². The van der Waals surface area contributed by atoms with E-state index in [-0.39, 0.29) is 11.5 Å². The van der Waals surface area contributed by atoms with Gasteiger partial charge in [-0.3, -0.25) is 0 Å². The second kappa shape index (κ2) is 5.47. The van der Waals surface area contributed by atoms with Gasteiger partial charge in [0.05, 0.1) is 11.3 Å². The molecule has 0 spiro atoms. The molecule has 0 aliphatic carbocycles. The second-order valence-electron chi connectivity index (χ2n) is 4.22. The summed E-state index contributed by atoms with van der Waals surface area (Å²) < 4.78 is 45.0. The van der Waals surface area contributed by atoms with E-state index in [1.54, 1.807) is 13.8 Å². The van der Waals surface area contributed by atoms with E-state index in [4.69, 9.17) is 9.73 Å². The van der Waals surface area contributed by atoms with Crippen molar-refractivity contribution < 1.29 is 27.6 Å². The Bertz CT molecular complexity index is 641. The first kappa shape index (κ1) is 14.9. The standard InChI is InChI=1S/C13H11F3N2O3/c1-7-11(8(2)21-18-7)12(17-19)9-3-5-10(6-4-9)20-13(14,15)16/h3-6,19H,1-2H3/b17-12+. The molecule has 2 rings (SSSR count). The molecule has 8 heteroatoms. The maximum atomic E-state index is 12.1. The van der Waals surface area contributed by atoms with Crippen LogP contribution < -0.4 is 4.74 Å². The Labute approximate surface area is 117 Å². The van der Waals surface area contributed by atoms with E-state index >= 15 is 0 Å². The van der Waals surface area contributed by atoms with Crippen LogP contribution in [0.1, 0.15) is 22.6 Å². The van der Waals surface area contributed by atoms with E-state index < -0.39 is 6.36 Å². The highest BCUT2D eigenvalue weighted by Crippen LogP contribution is 2.24. The molecule has 0 fully saturated rings. The van der Waals surface area contributed by atoms with Gasteiger partial charge in [-0.25, -0.2) is 0 Å². The topological polar surface area (TPSA) is 67.9 Å². The van der Waals surface area contributed by atoms with E-state index in [0.29, 0.717) is 22.6 Å². The van der Waals surface area contributed by atoms with Crippen molar-refractivity contribution in [1.29, 1.82) is 0 Å². The van der Waals surface area contributed by atoms with Crippen LogP contribution in [-0.4, -0.2) is 22.4 Å². The number of alkyl halides is 3. The van der Waals surface area contributed by atoms with E-state index in [1.807, 2.05) is 0 Å². The van der Waals surface area contributed by atoms with Crippen LogP contribution in [0.5, 0.6) is 5.75 Å². The summed E-state index contributed by atoms with van der Waals surface area (Å²) in [6.07, 6.45) is -4.75. The number of hydrogen-bond donors (Lipinski definition) is 1. The summed E-state index contributed by atoms with van der Waals surface area (Å²) in [6, 6.07) is 4.96. The predicted molar refractivity (Wildman–Crippen MR) is 66.5 cm³/mol. The third-order valence-corrected chi connectivity index (χ3v) is 2.73. The lowest BCUT2D eigenvalue weighted by atomic mass is 10.0. The zero-order valence-corrected chi connectivity index (χ0v) is 11.1. The number of aromatic nitrogens is 1. The van der Waals surface area contributed by atoms with Crippen molar-refractivity contribution >= 4 is 5.71 Å². The summed E-state index contributed by atoms with van der Waals surface area (Å²) >= 11 is 0. The molecular weight excluding hydrogens is 289 g/mol. The second-order valence-corrected chi connectivity index (χ2v) is 4.22. The van der Waals surface area contributed by atoms with Crippen molar-refractivity contribution in [2.75, 3.05) is 0 Å². The molecule has 0 radical (unpaired) electrons. The first-order chi connectivity index (χ1) is 9.81. The Morgan fingerprint density at radius 1 is 1.24 bits per heavy atom. The molecule has 2 aromatic rings. The van der Waals surface area contributed by atoms with Crippen LogP contribution in [0.4, 0.5) is 13.2 Å². The van der Waals surface area contributed by atoms with Crippen molar-refractivity contribution in [1.82, 2.24) is 5.16 Å². The molecule has 0 atom stereocenters. The summed E-state index contributed by atoms with van der Waals surface area (Å²) in [5, 5.41) is 16.1. The summed E-state index contributed by atoms with van der Waals surface area (Å²) in [6.45, 7) is 3.31. The first-order valence-electron chi connectivity index (χ1n) is 5.83. The van der Waals surface area contributed by atoms with Gasteiger partial charge in [0.15, 0.2) is 0 Å². The molecule has 1 aromatic heterocycles. The lowest BCUT2D eigenvalue weighted by molar-refractivity contribution is -0.274. The first-order valence-corrected chi connectivity index (χ1v) is 5.83. The Morgan fingerprint density at radius 3 is 2.29 bits per heavy atom. The number of rotatable bonds is 3. The van der Waals surface area contributed by atoms with Crippen LogP contribution in [0.25, 0.3) is 0 Å². The monoisotopic (exact) mass is 300 g/mol. The maximum Gasteiger partial charge on any atom is 0.573 e. The van der Waals surface area contributed by atoms with Gasteiger partial charge in [0.2, 0.25) is 0 Å². The molecule has 0 aliphatic rings. The third-order valence-electron chi connectivity index (χ3n) is 2.73. The van der Waals surface area contributed by atoms with Crippen LogP contribution in [-0.2, 0) is 0 Å². The molecule has 0 saturated carbocycles. The molecule has 5 nitrogen and oxygen atoms in total. The van der Waals surface area contributed by atoms with Crippen LogP contribution in [0, 0.1) is 13.8 Å². The molecule has 1 heterocycles. The molecule has 112 valence electrons. The van der Waals surface area contributed by atoms with Crippen molar-refractivity contribution in [2.24, 2.45) is 5.16 Å². The molecule has 0 amide bonds. The van der Waals surface area contributed by atoms with Gasteiger partial charge in [-0.1, -0.05) is 10.3 Å². The number of nitrogens with zero attached hydrogens (tertiary/aromatic N) is 2. The Kier molecular flexibility index (Phi) is 3.88. The molecular formula is C13H11F3N2O3. The van der Waals surface area contributed by atoms with Gasteiger partial charge in [-0.2, -0.15) is 0 Å². The molecule has 0 unspecified atom stereocenters. The van der Waals surface area contributed by atoms with Gasteiger partial charge in [0, 0.05) is 5.56 Å². The number of oxime groups is 1. The fraction of sp³-hybridized carbons (Fsp3) is 0.231. The fourth-order valence-corrected chi connectivity index (χ4v) is 1.89. The number of ether oxygens (including phenoxy) is 1. The van der Waals surface area contributed by atoms with Crippen LogP contribution in [0.15, 0.2) is 33.9 Å². The van der Waals surface area contributed by atoms with Gasteiger partial charge in [-0.15, -0.1) is 13.2 Å². The van der Waals surface area contributed by atoms with Gasteiger partial charge in [-0.05, 0) is 38.1 Å². The summed E-state index contributed by atoms with van der Waals surface area (Å²) in [4.78, 5) is 0.